The molecule has 7 heteroatoms. The topological polar surface area (TPSA) is 92.6 Å². The number of hydrogen-bond donors (Lipinski definition) is 4. The fourth-order valence-electron chi connectivity index (χ4n) is 2.30. The molecule has 0 saturated heterocycles. The second-order valence-corrected chi connectivity index (χ2v) is 7.69. The van der Waals surface area contributed by atoms with E-state index >= 15 is 0 Å². The first kappa shape index (κ1) is 16.9. The van der Waals surface area contributed by atoms with Crippen molar-refractivity contribution in [3.05, 3.63) is 41.7 Å². The molecular formula is C15H23N3O3Si. The van der Waals surface area contributed by atoms with Crippen molar-refractivity contribution in [3.8, 4) is 11.4 Å². The fourth-order valence-corrected chi connectivity index (χ4v) is 2.94. The minimum Gasteiger partial charge on any atom is -0.390 e. The molecule has 0 aliphatic rings. The van der Waals surface area contributed by atoms with Crippen LogP contribution in [0.15, 0.2) is 30.3 Å². The van der Waals surface area contributed by atoms with E-state index in [0.717, 1.165) is 22.8 Å². The second kappa shape index (κ2) is 7.17. The van der Waals surface area contributed by atoms with Gasteiger partial charge in [-0.2, -0.15) is 0 Å². The van der Waals surface area contributed by atoms with Gasteiger partial charge >= 0.3 is 8.80 Å². The maximum Gasteiger partial charge on any atom is 0.492 e. The third kappa shape index (κ3) is 5.04. The summed E-state index contributed by atoms with van der Waals surface area (Å²) in [5.74, 6) is 0.856. The summed E-state index contributed by atoms with van der Waals surface area (Å²) in [5.41, 5.74) is 3.05. The van der Waals surface area contributed by atoms with Gasteiger partial charge in [0.25, 0.3) is 0 Å². The standard InChI is InChI=1S/C15H23N3O3Si/c1-12-14(11-18(2)9-6-10-22(19,20)21)17-15(16-12)13-7-4-3-5-8-13/h3-5,7-8,19-21H,6,9-11H2,1-2H3,(H,16,17). The Kier molecular flexibility index (Phi) is 5.49. The molecule has 0 saturated carbocycles. The molecular weight excluding hydrogens is 298 g/mol. The smallest absolute Gasteiger partial charge is 0.390 e. The highest BCUT2D eigenvalue weighted by atomic mass is 28.4. The molecule has 0 amide bonds. The maximum absolute atomic E-state index is 9.01. The van der Waals surface area contributed by atoms with Gasteiger partial charge in [-0.3, -0.25) is 0 Å². The van der Waals surface area contributed by atoms with Gasteiger partial charge in [0.2, 0.25) is 0 Å². The predicted octanol–water partition coefficient (Wildman–Crippen LogP) is 1.12. The van der Waals surface area contributed by atoms with Gasteiger partial charge in [0, 0.05) is 23.8 Å². The predicted molar refractivity (Wildman–Crippen MR) is 86.9 cm³/mol. The van der Waals surface area contributed by atoms with E-state index in [4.69, 9.17) is 14.4 Å². The highest BCUT2D eigenvalue weighted by Gasteiger charge is 2.25. The number of nitrogens with one attached hydrogen (secondary N) is 1. The molecule has 0 unspecified atom stereocenters. The summed E-state index contributed by atoms with van der Waals surface area (Å²) in [7, 11) is -1.97. The Morgan fingerprint density at radius 2 is 1.86 bits per heavy atom. The first-order valence-electron chi connectivity index (χ1n) is 7.32. The van der Waals surface area contributed by atoms with Crippen molar-refractivity contribution in [1.29, 1.82) is 0 Å². The molecule has 0 bridgehead atoms. The Hall–Kier alpha value is -1.51. The number of H-pyrrole nitrogens is 1. The highest BCUT2D eigenvalue weighted by molar-refractivity contribution is 6.56. The normalized spacial score (nSPS) is 12.1. The third-order valence-corrected chi connectivity index (χ3v) is 4.53. The van der Waals surface area contributed by atoms with Gasteiger partial charge in [0.1, 0.15) is 5.82 Å². The van der Waals surface area contributed by atoms with E-state index in [-0.39, 0.29) is 6.04 Å². The highest BCUT2D eigenvalue weighted by Crippen LogP contribution is 2.18. The largest absolute Gasteiger partial charge is 0.492 e. The Balaban J connectivity index is 1.94. The zero-order chi connectivity index (χ0) is 16.2. The number of aryl methyl sites for hydroxylation is 1. The van der Waals surface area contributed by atoms with Crippen LogP contribution in [0, 0.1) is 6.92 Å². The summed E-state index contributed by atoms with van der Waals surface area (Å²) in [6.07, 6.45) is 0.543. The molecule has 22 heavy (non-hydrogen) atoms. The SMILES string of the molecule is Cc1[nH]c(-c2ccccc2)nc1CN(C)CCC[Si](O)(O)O. The van der Waals surface area contributed by atoms with Crippen LogP contribution in [-0.4, -0.2) is 51.7 Å². The molecule has 4 N–H and O–H groups in total. The van der Waals surface area contributed by atoms with E-state index in [1.54, 1.807) is 0 Å². The molecule has 1 aromatic carbocycles. The van der Waals surface area contributed by atoms with E-state index < -0.39 is 8.80 Å². The molecule has 0 spiro atoms. The number of aromatic nitrogens is 2. The van der Waals surface area contributed by atoms with E-state index in [1.165, 1.54) is 0 Å². The van der Waals surface area contributed by atoms with Gasteiger partial charge in [-0.25, -0.2) is 4.98 Å². The Morgan fingerprint density at radius 1 is 1.18 bits per heavy atom. The molecule has 0 radical (unpaired) electrons. The number of aromatic amines is 1. The molecule has 120 valence electrons. The van der Waals surface area contributed by atoms with E-state index in [0.29, 0.717) is 19.5 Å². The van der Waals surface area contributed by atoms with Gasteiger partial charge in [-0.1, -0.05) is 30.3 Å². The number of hydrogen-bond acceptors (Lipinski definition) is 5. The molecule has 2 rings (SSSR count). The molecule has 0 aliphatic carbocycles. The van der Waals surface area contributed by atoms with Crippen molar-refractivity contribution in [3.63, 3.8) is 0 Å². The first-order valence-corrected chi connectivity index (χ1v) is 9.36. The van der Waals surface area contributed by atoms with Gasteiger partial charge < -0.3 is 24.3 Å². The zero-order valence-electron chi connectivity index (χ0n) is 13.0. The summed E-state index contributed by atoms with van der Waals surface area (Å²) in [6.45, 7) is 3.34. The molecule has 0 aliphatic heterocycles. The van der Waals surface area contributed by atoms with Gasteiger partial charge in [-0.05, 0) is 26.9 Å². The monoisotopic (exact) mass is 321 g/mol. The Bertz CT molecular complexity index is 596. The van der Waals surface area contributed by atoms with E-state index in [1.807, 2.05) is 44.3 Å². The average Bonchev–Trinajstić information content (AvgIpc) is 2.80. The van der Waals surface area contributed by atoms with Crippen LogP contribution < -0.4 is 0 Å². The average molecular weight is 321 g/mol. The minimum atomic E-state index is -3.92. The lowest BCUT2D eigenvalue weighted by Crippen LogP contribution is -2.35. The van der Waals surface area contributed by atoms with Crippen LogP contribution in [0.4, 0.5) is 0 Å². The van der Waals surface area contributed by atoms with Crippen LogP contribution in [0.3, 0.4) is 0 Å². The van der Waals surface area contributed by atoms with Crippen LogP contribution >= 0.6 is 0 Å². The van der Waals surface area contributed by atoms with E-state index in [2.05, 4.69) is 14.9 Å². The van der Waals surface area contributed by atoms with Crippen molar-refractivity contribution < 1.29 is 14.4 Å². The fraction of sp³-hybridized carbons (Fsp3) is 0.400. The Labute approximate surface area is 131 Å². The van der Waals surface area contributed by atoms with Gasteiger partial charge in [-0.15, -0.1) is 0 Å². The first-order chi connectivity index (χ1) is 10.3. The summed E-state index contributed by atoms with van der Waals surface area (Å²) < 4.78 is 0. The van der Waals surface area contributed by atoms with Gasteiger partial charge in [0.15, 0.2) is 0 Å². The molecule has 6 nitrogen and oxygen atoms in total. The van der Waals surface area contributed by atoms with Gasteiger partial charge in [0.05, 0.1) is 5.69 Å². The molecule has 2 aromatic rings. The summed E-state index contributed by atoms with van der Waals surface area (Å²) in [5, 5.41) is 0. The number of benzene rings is 1. The second-order valence-electron chi connectivity index (χ2n) is 5.64. The molecule has 1 aromatic heterocycles. The number of imidazole rings is 1. The number of nitrogens with zero attached hydrogens (tertiary/aromatic N) is 2. The van der Waals surface area contributed by atoms with Crippen LogP contribution in [-0.2, 0) is 6.54 Å². The van der Waals surface area contributed by atoms with E-state index in [9.17, 15) is 0 Å². The number of rotatable bonds is 7. The lowest BCUT2D eigenvalue weighted by Gasteiger charge is -2.16. The molecule has 1 heterocycles. The van der Waals surface area contributed by atoms with Crippen LogP contribution in [0.2, 0.25) is 6.04 Å². The third-order valence-electron chi connectivity index (χ3n) is 3.50. The quantitative estimate of drug-likeness (QED) is 0.574. The summed E-state index contributed by atoms with van der Waals surface area (Å²) in [6, 6.07) is 10.0. The van der Waals surface area contributed by atoms with Crippen LogP contribution in [0.25, 0.3) is 11.4 Å². The van der Waals surface area contributed by atoms with Crippen molar-refractivity contribution in [2.24, 2.45) is 0 Å². The zero-order valence-corrected chi connectivity index (χ0v) is 14.0. The minimum absolute atomic E-state index is 0.0617. The lowest BCUT2D eigenvalue weighted by molar-refractivity contribution is 0.221. The molecule has 0 fully saturated rings. The lowest BCUT2D eigenvalue weighted by atomic mass is 10.2. The van der Waals surface area contributed by atoms with Crippen LogP contribution in [0.5, 0.6) is 0 Å². The molecule has 0 atom stereocenters. The van der Waals surface area contributed by atoms with Crippen molar-refractivity contribution in [2.75, 3.05) is 13.6 Å². The Morgan fingerprint density at radius 3 is 2.50 bits per heavy atom. The van der Waals surface area contributed by atoms with Crippen molar-refractivity contribution in [1.82, 2.24) is 14.9 Å². The van der Waals surface area contributed by atoms with Crippen molar-refractivity contribution in [2.45, 2.75) is 25.9 Å². The maximum atomic E-state index is 9.01. The summed E-state index contributed by atoms with van der Waals surface area (Å²) in [4.78, 5) is 37.0. The van der Waals surface area contributed by atoms with Crippen molar-refractivity contribution >= 4 is 8.80 Å². The van der Waals surface area contributed by atoms with Crippen LogP contribution in [0.1, 0.15) is 17.8 Å². The summed E-state index contributed by atoms with van der Waals surface area (Å²) >= 11 is 0.